The summed E-state index contributed by atoms with van der Waals surface area (Å²) >= 11 is 0. The summed E-state index contributed by atoms with van der Waals surface area (Å²) in [5, 5.41) is 3.58. The third-order valence-electron chi connectivity index (χ3n) is 3.63. The van der Waals surface area contributed by atoms with E-state index in [1.54, 1.807) is 0 Å². The Labute approximate surface area is 102 Å². The van der Waals surface area contributed by atoms with Crippen LogP contribution in [0.2, 0.25) is 0 Å². The zero-order valence-electron chi connectivity index (χ0n) is 11.5. The Morgan fingerprint density at radius 3 is 2.56 bits per heavy atom. The Hall–Kier alpha value is -0.0800. The first kappa shape index (κ1) is 14.0. The number of hydrogen-bond acceptors (Lipinski definition) is 2. The molecule has 0 saturated heterocycles. The molecular weight excluding hydrogens is 196 g/mol. The molecule has 0 aromatic rings. The van der Waals surface area contributed by atoms with Gasteiger partial charge >= 0.3 is 0 Å². The molecule has 1 rings (SSSR count). The fraction of sp³-hybridized carbons (Fsp3) is 1.00. The summed E-state index contributed by atoms with van der Waals surface area (Å²) in [5.41, 5.74) is 0. The molecule has 96 valence electrons. The predicted octanol–water partition coefficient (Wildman–Crippen LogP) is 2.89. The molecule has 0 heterocycles. The number of nitrogens with zero attached hydrogens (tertiary/aromatic N) is 1. The number of unbranched alkanes of at least 4 members (excludes halogenated alkanes) is 1. The Balaban J connectivity index is 1.94. The first-order valence-electron chi connectivity index (χ1n) is 7.22. The Morgan fingerprint density at radius 1 is 1.25 bits per heavy atom. The second-order valence-electron chi connectivity index (χ2n) is 5.34. The van der Waals surface area contributed by atoms with Crippen LogP contribution in [-0.4, -0.2) is 37.1 Å². The zero-order chi connectivity index (χ0) is 11.8. The average molecular weight is 226 g/mol. The van der Waals surface area contributed by atoms with Gasteiger partial charge in [-0.1, -0.05) is 27.2 Å². The zero-order valence-corrected chi connectivity index (χ0v) is 11.5. The van der Waals surface area contributed by atoms with Crippen molar-refractivity contribution < 1.29 is 0 Å². The summed E-state index contributed by atoms with van der Waals surface area (Å²) in [6.45, 7) is 11.9. The second-order valence-corrected chi connectivity index (χ2v) is 5.34. The minimum Gasteiger partial charge on any atom is -0.314 e. The molecule has 0 spiro atoms. The summed E-state index contributed by atoms with van der Waals surface area (Å²) in [6, 6.07) is 0.877. The Morgan fingerprint density at radius 2 is 2.00 bits per heavy atom. The van der Waals surface area contributed by atoms with Gasteiger partial charge in [-0.2, -0.15) is 0 Å². The molecule has 1 atom stereocenters. The fourth-order valence-electron chi connectivity index (χ4n) is 2.00. The van der Waals surface area contributed by atoms with Gasteiger partial charge in [0.1, 0.15) is 0 Å². The van der Waals surface area contributed by atoms with Gasteiger partial charge in [0.15, 0.2) is 0 Å². The van der Waals surface area contributed by atoms with E-state index in [9.17, 15) is 0 Å². The molecule has 2 nitrogen and oxygen atoms in total. The molecule has 1 N–H and O–H groups in total. The quantitative estimate of drug-likeness (QED) is 0.576. The first-order valence-corrected chi connectivity index (χ1v) is 7.22. The van der Waals surface area contributed by atoms with Crippen LogP contribution in [0.3, 0.4) is 0 Å². The maximum absolute atomic E-state index is 3.58. The second kappa shape index (κ2) is 8.08. The lowest BCUT2D eigenvalue weighted by molar-refractivity contribution is 0.241. The van der Waals surface area contributed by atoms with Crippen molar-refractivity contribution in [2.24, 2.45) is 5.92 Å². The maximum Gasteiger partial charge on any atom is 0.00682 e. The molecule has 1 saturated carbocycles. The van der Waals surface area contributed by atoms with E-state index >= 15 is 0 Å². The molecule has 0 aliphatic heterocycles. The van der Waals surface area contributed by atoms with Crippen molar-refractivity contribution in [2.45, 2.75) is 58.9 Å². The molecular formula is C14H30N2. The van der Waals surface area contributed by atoms with Gasteiger partial charge in [-0.05, 0) is 51.2 Å². The lowest BCUT2D eigenvalue weighted by Gasteiger charge is -2.23. The molecule has 0 bridgehead atoms. The van der Waals surface area contributed by atoms with Gasteiger partial charge in [-0.3, -0.25) is 0 Å². The van der Waals surface area contributed by atoms with Crippen LogP contribution >= 0.6 is 0 Å². The summed E-state index contributed by atoms with van der Waals surface area (Å²) < 4.78 is 0. The highest BCUT2D eigenvalue weighted by Crippen LogP contribution is 2.18. The lowest BCUT2D eigenvalue weighted by atomic mass is 10.1. The van der Waals surface area contributed by atoms with E-state index in [2.05, 4.69) is 31.0 Å². The summed E-state index contributed by atoms with van der Waals surface area (Å²) in [6.07, 6.45) is 6.82. The van der Waals surface area contributed by atoms with Crippen molar-refractivity contribution >= 4 is 0 Å². The van der Waals surface area contributed by atoms with Gasteiger partial charge in [-0.15, -0.1) is 0 Å². The van der Waals surface area contributed by atoms with Crippen molar-refractivity contribution in [1.29, 1.82) is 0 Å². The first-order chi connectivity index (χ1) is 7.76. The molecule has 1 aliphatic carbocycles. The van der Waals surface area contributed by atoms with Crippen LogP contribution in [0.15, 0.2) is 0 Å². The van der Waals surface area contributed by atoms with E-state index in [1.165, 1.54) is 58.3 Å². The van der Waals surface area contributed by atoms with Crippen LogP contribution in [0.4, 0.5) is 0 Å². The average Bonchev–Trinajstić information content (AvgIpc) is 3.10. The summed E-state index contributed by atoms with van der Waals surface area (Å²) in [5.74, 6) is 0.851. The van der Waals surface area contributed by atoms with Crippen molar-refractivity contribution in [3.63, 3.8) is 0 Å². The maximum atomic E-state index is 3.58. The number of hydrogen-bond donors (Lipinski definition) is 1. The van der Waals surface area contributed by atoms with Gasteiger partial charge in [0.2, 0.25) is 0 Å². The van der Waals surface area contributed by atoms with E-state index in [1.807, 2.05) is 0 Å². The summed E-state index contributed by atoms with van der Waals surface area (Å²) in [7, 11) is 0. The fourth-order valence-corrected chi connectivity index (χ4v) is 2.00. The lowest BCUT2D eigenvalue weighted by Crippen LogP contribution is -2.30. The van der Waals surface area contributed by atoms with Crippen LogP contribution in [0.25, 0.3) is 0 Å². The number of nitrogens with one attached hydrogen (secondary N) is 1. The third kappa shape index (κ3) is 6.49. The van der Waals surface area contributed by atoms with Crippen LogP contribution in [0.5, 0.6) is 0 Å². The molecule has 16 heavy (non-hydrogen) atoms. The van der Waals surface area contributed by atoms with Gasteiger partial charge < -0.3 is 10.2 Å². The topological polar surface area (TPSA) is 15.3 Å². The Kier molecular flexibility index (Phi) is 7.06. The molecule has 2 heteroatoms. The van der Waals surface area contributed by atoms with Crippen molar-refractivity contribution in [2.75, 3.05) is 26.2 Å². The molecule has 0 aromatic carbocycles. The molecule has 1 aliphatic rings. The van der Waals surface area contributed by atoms with Crippen LogP contribution in [-0.2, 0) is 0 Å². The van der Waals surface area contributed by atoms with E-state index in [-0.39, 0.29) is 0 Å². The van der Waals surface area contributed by atoms with Gasteiger partial charge in [0.25, 0.3) is 0 Å². The Bertz CT molecular complexity index is 166. The van der Waals surface area contributed by atoms with Crippen LogP contribution < -0.4 is 5.32 Å². The SMILES string of the molecule is CCC(C)CN(CC)CCCCNC1CC1. The van der Waals surface area contributed by atoms with E-state index < -0.39 is 0 Å². The van der Waals surface area contributed by atoms with Crippen LogP contribution in [0.1, 0.15) is 52.9 Å². The number of rotatable bonds is 10. The van der Waals surface area contributed by atoms with E-state index in [4.69, 9.17) is 0 Å². The minimum atomic E-state index is 0.851. The third-order valence-corrected chi connectivity index (χ3v) is 3.63. The van der Waals surface area contributed by atoms with E-state index in [0.717, 1.165) is 12.0 Å². The van der Waals surface area contributed by atoms with Crippen molar-refractivity contribution in [3.05, 3.63) is 0 Å². The van der Waals surface area contributed by atoms with E-state index in [0.29, 0.717) is 0 Å². The minimum absolute atomic E-state index is 0.851. The molecule has 0 aromatic heterocycles. The van der Waals surface area contributed by atoms with Crippen molar-refractivity contribution in [3.8, 4) is 0 Å². The van der Waals surface area contributed by atoms with Gasteiger partial charge in [0, 0.05) is 12.6 Å². The smallest absolute Gasteiger partial charge is 0.00682 e. The molecule has 1 unspecified atom stereocenters. The predicted molar refractivity (Wildman–Crippen MR) is 71.8 cm³/mol. The molecule has 1 fully saturated rings. The highest BCUT2D eigenvalue weighted by molar-refractivity contribution is 4.80. The standard InChI is InChI=1S/C14H30N2/c1-4-13(3)12-16(5-2)11-7-6-10-15-14-8-9-14/h13-15H,4-12H2,1-3H3. The summed E-state index contributed by atoms with van der Waals surface area (Å²) in [4.78, 5) is 2.60. The molecule has 0 radical (unpaired) electrons. The van der Waals surface area contributed by atoms with Gasteiger partial charge in [0.05, 0.1) is 0 Å². The van der Waals surface area contributed by atoms with Crippen molar-refractivity contribution in [1.82, 2.24) is 10.2 Å². The molecule has 0 amide bonds. The van der Waals surface area contributed by atoms with Gasteiger partial charge in [-0.25, -0.2) is 0 Å². The highest BCUT2D eigenvalue weighted by Gasteiger charge is 2.19. The monoisotopic (exact) mass is 226 g/mol. The largest absolute Gasteiger partial charge is 0.314 e. The highest BCUT2D eigenvalue weighted by atomic mass is 15.1. The normalized spacial score (nSPS) is 18.0. The van der Waals surface area contributed by atoms with Crippen LogP contribution in [0, 0.1) is 5.92 Å².